The van der Waals surface area contributed by atoms with Crippen LogP contribution in [-0.2, 0) is 4.74 Å². The molecule has 2 rings (SSSR count). The van der Waals surface area contributed by atoms with Gasteiger partial charge in [-0.25, -0.2) is 4.79 Å². The molecule has 2 aromatic carbocycles. The van der Waals surface area contributed by atoms with Gasteiger partial charge in [-0.05, 0) is 30.7 Å². The summed E-state index contributed by atoms with van der Waals surface area (Å²) < 4.78 is 4.91. The number of hydrogen-bond acceptors (Lipinski definition) is 3. The molecular weight excluding hydrogens is 228 g/mol. The molecule has 0 unspecified atom stereocenters. The molecule has 92 valence electrons. The van der Waals surface area contributed by atoms with Crippen LogP contribution in [0.1, 0.15) is 17.3 Å². The molecule has 0 radical (unpaired) electrons. The predicted molar refractivity (Wildman–Crippen MR) is 69.5 cm³/mol. The van der Waals surface area contributed by atoms with Crippen molar-refractivity contribution in [2.45, 2.75) is 6.92 Å². The van der Waals surface area contributed by atoms with E-state index in [1.54, 1.807) is 43.3 Å². The Labute approximate surface area is 106 Å². The van der Waals surface area contributed by atoms with E-state index in [0.29, 0.717) is 12.2 Å². The summed E-state index contributed by atoms with van der Waals surface area (Å²) in [4.78, 5) is 11.5. The third-order valence-corrected chi connectivity index (χ3v) is 2.61. The lowest BCUT2D eigenvalue weighted by Gasteiger charge is -2.06. The smallest absolute Gasteiger partial charge is 0.338 e. The van der Waals surface area contributed by atoms with Crippen LogP contribution in [0.4, 0.5) is 0 Å². The van der Waals surface area contributed by atoms with Crippen molar-refractivity contribution in [1.82, 2.24) is 0 Å². The van der Waals surface area contributed by atoms with Gasteiger partial charge in [0.05, 0.1) is 12.2 Å². The van der Waals surface area contributed by atoms with Crippen LogP contribution in [-0.4, -0.2) is 17.7 Å². The zero-order valence-electron chi connectivity index (χ0n) is 10.1. The Morgan fingerprint density at radius 2 is 1.78 bits per heavy atom. The van der Waals surface area contributed by atoms with E-state index in [1.165, 1.54) is 0 Å². The summed E-state index contributed by atoms with van der Waals surface area (Å²) in [6.45, 7) is 2.13. The average Bonchev–Trinajstić information content (AvgIpc) is 2.40. The summed E-state index contributed by atoms with van der Waals surface area (Å²) in [5, 5.41) is 9.74. The first-order valence-corrected chi connectivity index (χ1v) is 5.78. The molecule has 0 fully saturated rings. The Morgan fingerprint density at radius 1 is 1.11 bits per heavy atom. The fraction of sp³-hybridized carbons (Fsp3) is 0.133. The Bertz CT molecular complexity index is 544. The predicted octanol–water partition coefficient (Wildman–Crippen LogP) is 3.24. The Morgan fingerprint density at radius 3 is 2.39 bits per heavy atom. The van der Waals surface area contributed by atoms with E-state index < -0.39 is 0 Å². The van der Waals surface area contributed by atoms with Crippen LogP contribution in [0.3, 0.4) is 0 Å². The number of aromatic hydroxyl groups is 1. The van der Waals surface area contributed by atoms with E-state index in [4.69, 9.17) is 4.74 Å². The molecule has 0 saturated carbocycles. The number of phenols is 1. The van der Waals surface area contributed by atoms with E-state index >= 15 is 0 Å². The second kappa shape index (κ2) is 5.36. The third-order valence-electron chi connectivity index (χ3n) is 2.61. The van der Waals surface area contributed by atoms with Crippen molar-refractivity contribution < 1.29 is 14.6 Å². The summed E-state index contributed by atoms with van der Waals surface area (Å²) in [6, 6.07) is 14.1. The second-order valence-electron chi connectivity index (χ2n) is 3.81. The number of ether oxygens (including phenoxy) is 1. The first-order valence-electron chi connectivity index (χ1n) is 5.78. The maximum atomic E-state index is 11.5. The van der Waals surface area contributed by atoms with Gasteiger partial charge in [-0.3, -0.25) is 0 Å². The average molecular weight is 242 g/mol. The van der Waals surface area contributed by atoms with Gasteiger partial charge in [-0.2, -0.15) is 0 Å². The van der Waals surface area contributed by atoms with E-state index in [9.17, 15) is 9.90 Å². The fourth-order valence-electron chi connectivity index (χ4n) is 1.72. The van der Waals surface area contributed by atoms with Gasteiger partial charge in [-0.15, -0.1) is 0 Å². The molecule has 0 bridgehead atoms. The minimum Gasteiger partial charge on any atom is -0.507 e. The van der Waals surface area contributed by atoms with Gasteiger partial charge in [0, 0.05) is 5.56 Å². The number of benzene rings is 2. The maximum Gasteiger partial charge on any atom is 0.338 e. The molecule has 3 heteroatoms. The minimum absolute atomic E-state index is 0.224. The molecule has 1 N–H and O–H groups in total. The maximum absolute atomic E-state index is 11.5. The van der Waals surface area contributed by atoms with Crippen molar-refractivity contribution in [3.8, 4) is 16.9 Å². The lowest BCUT2D eigenvalue weighted by molar-refractivity contribution is 0.0526. The van der Waals surface area contributed by atoms with Crippen molar-refractivity contribution in [1.29, 1.82) is 0 Å². The minimum atomic E-state index is -0.332. The van der Waals surface area contributed by atoms with Gasteiger partial charge in [-0.1, -0.05) is 30.3 Å². The number of carbonyl (C=O) groups is 1. The highest BCUT2D eigenvalue weighted by Gasteiger charge is 2.07. The summed E-state index contributed by atoms with van der Waals surface area (Å²) in [6.07, 6.45) is 0. The summed E-state index contributed by atoms with van der Waals surface area (Å²) in [5.74, 6) is -0.109. The van der Waals surface area contributed by atoms with Crippen LogP contribution in [0.2, 0.25) is 0 Å². The number of para-hydroxylation sites is 1. The molecular formula is C15H14O3. The van der Waals surface area contributed by atoms with E-state index in [1.807, 2.05) is 12.1 Å². The monoisotopic (exact) mass is 242 g/mol. The van der Waals surface area contributed by atoms with Crippen LogP contribution in [0.5, 0.6) is 5.75 Å². The van der Waals surface area contributed by atoms with Crippen LogP contribution < -0.4 is 0 Å². The van der Waals surface area contributed by atoms with E-state index in [-0.39, 0.29) is 11.7 Å². The molecule has 18 heavy (non-hydrogen) atoms. The molecule has 0 aliphatic heterocycles. The highest BCUT2D eigenvalue weighted by molar-refractivity contribution is 5.90. The van der Waals surface area contributed by atoms with Gasteiger partial charge in [0.2, 0.25) is 0 Å². The van der Waals surface area contributed by atoms with Gasteiger partial charge in [0.15, 0.2) is 0 Å². The molecule has 0 spiro atoms. The van der Waals surface area contributed by atoms with Gasteiger partial charge in [0.25, 0.3) is 0 Å². The molecule has 0 atom stereocenters. The molecule has 2 aromatic rings. The molecule has 0 heterocycles. The molecule has 3 nitrogen and oxygen atoms in total. The van der Waals surface area contributed by atoms with Crippen molar-refractivity contribution in [3.63, 3.8) is 0 Å². The second-order valence-corrected chi connectivity index (χ2v) is 3.81. The fourth-order valence-corrected chi connectivity index (χ4v) is 1.72. The van der Waals surface area contributed by atoms with Gasteiger partial charge in [0.1, 0.15) is 5.75 Å². The largest absolute Gasteiger partial charge is 0.507 e. The van der Waals surface area contributed by atoms with Crippen molar-refractivity contribution in [3.05, 3.63) is 54.1 Å². The van der Waals surface area contributed by atoms with Crippen molar-refractivity contribution >= 4 is 5.97 Å². The molecule has 0 aliphatic rings. The van der Waals surface area contributed by atoms with Crippen molar-refractivity contribution in [2.24, 2.45) is 0 Å². The van der Waals surface area contributed by atoms with Crippen molar-refractivity contribution in [2.75, 3.05) is 6.61 Å². The highest BCUT2D eigenvalue weighted by atomic mass is 16.5. The van der Waals surface area contributed by atoms with Crippen LogP contribution >= 0.6 is 0 Å². The van der Waals surface area contributed by atoms with E-state index in [0.717, 1.165) is 11.1 Å². The lowest BCUT2D eigenvalue weighted by atomic mass is 10.0. The number of hydrogen-bond donors (Lipinski definition) is 1. The summed E-state index contributed by atoms with van der Waals surface area (Å²) >= 11 is 0. The summed E-state index contributed by atoms with van der Waals surface area (Å²) in [5.41, 5.74) is 2.12. The van der Waals surface area contributed by atoms with Crippen LogP contribution in [0, 0.1) is 0 Å². The Kier molecular flexibility index (Phi) is 3.63. The number of phenolic OH excluding ortho intramolecular Hbond substituents is 1. The molecule has 0 aliphatic carbocycles. The van der Waals surface area contributed by atoms with Crippen LogP contribution in [0.15, 0.2) is 48.5 Å². The first-order chi connectivity index (χ1) is 8.72. The van der Waals surface area contributed by atoms with Crippen LogP contribution in [0.25, 0.3) is 11.1 Å². The Hall–Kier alpha value is -2.29. The standard InChI is InChI=1S/C15H14O3/c1-2-18-15(17)12-9-7-11(8-10-12)13-5-3-4-6-14(13)16/h3-10,16H,2H2,1H3. The zero-order valence-corrected chi connectivity index (χ0v) is 10.1. The lowest BCUT2D eigenvalue weighted by Crippen LogP contribution is -2.03. The molecule has 0 amide bonds. The normalized spacial score (nSPS) is 10.1. The third kappa shape index (κ3) is 2.51. The van der Waals surface area contributed by atoms with Gasteiger partial charge < -0.3 is 9.84 Å². The topological polar surface area (TPSA) is 46.5 Å². The number of carbonyl (C=O) groups excluding carboxylic acids is 1. The Balaban J connectivity index is 2.28. The summed E-state index contributed by atoms with van der Waals surface area (Å²) in [7, 11) is 0. The molecule has 0 aromatic heterocycles. The first kappa shape index (κ1) is 12.2. The zero-order chi connectivity index (χ0) is 13.0. The number of esters is 1. The SMILES string of the molecule is CCOC(=O)c1ccc(-c2ccccc2O)cc1. The van der Waals surface area contributed by atoms with Gasteiger partial charge >= 0.3 is 5.97 Å². The quantitative estimate of drug-likeness (QED) is 0.840. The number of rotatable bonds is 3. The highest BCUT2D eigenvalue weighted by Crippen LogP contribution is 2.28. The molecule has 0 saturated heterocycles. The van der Waals surface area contributed by atoms with E-state index in [2.05, 4.69) is 0 Å².